The highest BCUT2D eigenvalue weighted by Gasteiger charge is 2.57. The Kier molecular flexibility index (Phi) is 2.78. The Labute approximate surface area is 115 Å². The van der Waals surface area contributed by atoms with Crippen molar-refractivity contribution in [2.45, 2.75) is 31.7 Å². The van der Waals surface area contributed by atoms with E-state index in [0.717, 1.165) is 24.0 Å². The molecule has 4 nitrogen and oxygen atoms in total. The summed E-state index contributed by atoms with van der Waals surface area (Å²) >= 11 is 6.12. The Morgan fingerprint density at radius 1 is 1.37 bits per heavy atom. The number of benzene rings is 1. The van der Waals surface area contributed by atoms with E-state index < -0.39 is 11.4 Å². The normalized spacial score (nSPS) is 22.7. The van der Waals surface area contributed by atoms with Crippen LogP contribution in [0.2, 0.25) is 5.02 Å². The maximum Gasteiger partial charge on any atom is 0.319 e. The number of carbonyl (C=O) groups is 2. The maximum atomic E-state index is 12.1. The molecule has 0 spiro atoms. The van der Waals surface area contributed by atoms with Crippen LogP contribution in [0.3, 0.4) is 0 Å². The fourth-order valence-electron chi connectivity index (χ4n) is 2.72. The van der Waals surface area contributed by atoms with E-state index in [1.165, 1.54) is 0 Å². The minimum Gasteiger partial charge on any atom is -0.480 e. The second-order valence-corrected chi connectivity index (χ2v) is 5.67. The smallest absolute Gasteiger partial charge is 0.319 e. The number of nitrogens with one attached hydrogen (secondary N) is 1. The number of hydrogen-bond acceptors (Lipinski definition) is 2. The first-order valence-electron chi connectivity index (χ1n) is 6.36. The standard InChI is InChI=1S/C14H14ClNO3/c15-10-3-1-2-9-8(10)4-5-11(9)16-12(17)14(6-7-14)13(18)19/h1-3,11H,4-7H2,(H,16,17)(H,18,19). The van der Waals surface area contributed by atoms with Crippen LogP contribution in [-0.4, -0.2) is 17.0 Å². The number of aliphatic carboxylic acids is 1. The molecule has 19 heavy (non-hydrogen) atoms. The van der Waals surface area contributed by atoms with Crippen LogP contribution in [0.1, 0.15) is 36.4 Å². The Hall–Kier alpha value is -1.55. The SMILES string of the molecule is O=C(O)C1(C(=O)NC2CCc3c(Cl)cccc32)CC1. The van der Waals surface area contributed by atoms with Gasteiger partial charge in [-0.25, -0.2) is 0 Å². The third kappa shape index (κ3) is 1.91. The number of amides is 1. The molecule has 0 aliphatic heterocycles. The van der Waals surface area contributed by atoms with Crippen LogP contribution in [0.4, 0.5) is 0 Å². The second-order valence-electron chi connectivity index (χ2n) is 5.26. The molecule has 1 atom stereocenters. The van der Waals surface area contributed by atoms with Gasteiger partial charge < -0.3 is 10.4 Å². The molecule has 0 radical (unpaired) electrons. The molecule has 0 bridgehead atoms. The topological polar surface area (TPSA) is 66.4 Å². The van der Waals surface area contributed by atoms with Crippen LogP contribution < -0.4 is 5.32 Å². The quantitative estimate of drug-likeness (QED) is 0.835. The van der Waals surface area contributed by atoms with Crippen molar-refractivity contribution < 1.29 is 14.7 Å². The molecule has 2 N–H and O–H groups in total. The fourth-order valence-corrected chi connectivity index (χ4v) is 3.00. The van der Waals surface area contributed by atoms with Crippen LogP contribution in [0.25, 0.3) is 0 Å². The van der Waals surface area contributed by atoms with Gasteiger partial charge in [0.15, 0.2) is 0 Å². The van der Waals surface area contributed by atoms with Gasteiger partial charge in [0.25, 0.3) is 0 Å². The molecular formula is C14H14ClNO3. The van der Waals surface area contributed by atoms with Gasteiger partial charge >= 0.3 is 5.97 Å². The first-order valence-corrected chi connectivity index (χ1v) is 6.74. The Balaban J connectivity index is 1.79. The average molecular weight is 280 g/mol. The second kappa shape index (κ2) is 4.23. The van der Waals surface area contributed by atoms with Crippen molar-refractivity contribution >= 4 is 23.5 Å². The number of carboxylic acid groups (broad SMARTS) is 1. The van der Waals surface area contributed by atoms with E-state index in [9.17, 15) is 9.59 Å². The lowest BCUT2D eigenvalue weighted by Crippen LogP contribution is -2.38. The molecule has 0 aromatic heterocycles. The van der Waals surface area contributed by atoms with Crippen LogP contribution >= 0.6 is 11.6 Å². The number of rotatable bonds is 3. The first-order chi connectivity index (χ1) is 9.04. The van der Waals surface area contributed by atoms with Crippen molar-refractivity contribution in [3.8, 4) is 0 Å². The van der Waals surface area contributed by atoms with Crippen molar-refractivity contribution in [3.63, 3.8) is 0 Å². The predicted molar refractivity (Wildman–Crippen MR) is 70.0 cm³/mol. The number of carbonyl (C=O) groups excluding carboxylic acids is 1. The predicted octanol–water partition coefficient (Wildman–Crippen LogP) is 2.31. The van der Waals surface area contributed by atoms with Gasteiger partial charge in [-0.15, -0.1) is 0 Å². The van der Waals surface area contributed by atoms with Crippen molar-refractivity contribution in [1.29, 1.82) is 0 Å². The molecule has 1 unspecified atom stereocenters. The highest BCUT2D eigenvalue weighted by molar-refractivity contribution is 6.31. The monoisotopic (exact) mass is 279 g/mol. The van der Waals surface area contributed by atoms with Gasteiger partial charge in [0.05, 0.1) is 6.04 Å². The van der Waals surface area contributed by atoms with Crippen molar-refractivity contribution in [2.24, 2.45) is 5.41 Å². The minimum absolute atomic E-state index is 0.113. The van der Waals surface area contributed by atoms with E-state index in [1.54, 1.807) is 0 Å². The minimum atomic E-state index is -1.18. The summed E-state index contributed by atoms with van der Waals surface area (Å²) in [6.45, 7) is 0. The highest BCUT2D eigenvalue weighted by atomic mass is 35.5. The maximum absolute atomic E-state index is 12.1. The number of carboxylic acids is 1. The molecule has 1 aromatic carbocycles. The fraction of sp³-hybridized carbons (Fsp3) is 0.429. The zero-order chi connectivity index (χ0) is 13.6. The third-order valence-corrected chi connectivity index (χ3v) is 4.47. The van der Waals surface area contributed by atoms with Gasteiger partial charge in [-0.3, -0.25) is 9.59 Å². The summed E-state index contributed by atoms with van der Waals surface area (Å²) in [7, 11) is 0. The van der Waals surface area contributed by atoms with Crippen molar-refractivity contribution in [2.75, 3.05) is 0 Å². The zero-order valence-electron chi connectivity index (χ0n) is 10.3. The largest absolute Gasteiger partial charge is 0.480 e. The van der Waals surface area contributed by atoms with Crippen LogP contribution in [0.15, 0.2) is 18.2 Å². The molecule has 1 aromatic rings. The number of hydrogen-bond donors (Lipinski definition) is 2. The molecule has 3 rings (SSSR count). The van der Waals surface area contributed by atoms with Gasteiger partial charge in [0, 0.05) is 5.02 Å². The van der Waals surface area contributed by atoms with Crippen LogP contribution in [-0.2, 0) is 16.0 Å². The lowest BCUT2D eigenvalue weighted by atomic mass is 10.0. The van der Waals surface area contributed by atoms with Gasteiger partial charge in [-0.05, 0) is 42.9 Å². The van der Waals surface area contributed by atoms with Gasteiger partial charge in [-0.2, -0.15) is 0 Å². The number of fused-ring (bicyclic) bond motifs is 1. The molecule has 1 saturated carbocycles. The Morgan fingerprint density at radius 3 is 2.74 bits per heavy atom. The Bertz CT molecular complexity index is 566. The molecule has 2 aliphatic carbocycles. The summed E-state index contributed by atoms with van der Waals surface area (Å²) in [6, 6.07) is 5.53. The van der Waals surface area contributed by atoms with E-state index in [-0.39, 0.29) is 11.9 Å². The van der Waals surface area contributed by atoms with E-state index >= 15 is 0 Å². The van der Waals surface area contributed by atoms with E-state index in [1.807, 2.05) is 18.2 Å². The zero-order valence-corrected chi connectivity index (χ0v) is 11.0. The summed E-state index contributed by atoms with van der Waals surface area (Å²) in [4.78, 5) is 23.2. The summed E-state index contributed by atoms with van der Waals surface area (Å²) < 4.78 is 0. The van der Waals surface area contributed by atoms with Crippen molar-refractivity contribution in [3.05, 3.63) is 34.3 Å². The number of halogens is 1. The van der Waals surface area contributed by atoms with Gasteiger partial charge in [0.2, 0.25) is 5.91 Å². The van der Waals surface area contributed by atoms with E-state index in [4.69, 9.17) is 16.7 Å². The van der Waals surface area contributed by atoms with Crippen LogP contribution in [0.5, 0.6) is 0 Å². The van der Waals surface area contributed by atoms with E-state index in [0.29, 0.717) is 17.9 Å². The molecule has 5 heteroatoms. The summed E-state index contributed by atoms with van der Waals surface area (Å²) in [5, 5.41) is 12.7. The summed E-state index contributed by atoms with van der Waals surface area (Å²) in [5.41, 5.74) is 0.901. The Morgan fingerprint density at radius 2 is 2.11 bits per heavy atom. The summed E-state index contributed by atoms with van der Waals surface area (Å²) in [6.07, 6.45) is 2.47. The lowest BCUT2D eigenvalue weighted by Gasteiger charge is -2.17. The van der Waals surface area contributed by atoms with Crippen molar-refractivity contribution in [1.82, 2.24) is 5.32 Å². The molecule has 1 amide bonds. The molecule has 0 saturated heterocycles. The third-order valence-electron chi connectivity index (χ3n) is 4.11. The van der Waals surface area contributed by atoms with Gasteiger partial charge in [0.1, 0.15) is 5.41 Å². The van der Waals surface area contributed by atoms with Crippen LogP contribution in [0, 0.1) is 5.41 Å². The average Bonchev–Trinajstić information content (AvgIpc) is 3.09. The highest BCUT2D eigenvalue weighted by Crippen LogP contribution is 2.47. The van der Waals surface area contributed by atoms with E-state index in [2.05, 4.69) is 5.32 Å². The molecule has 2 aliphatic rings. The van der Waals surface area contributed by atoms with Gasteiger partial charge in [-0.1, -0.05) is 23.7 Å². The molecule has 100 valence electrons. The molecule has 1 fully saturated rings. The summed E-state index contributed by atoms with van der Waals surface area (Å²) in [5.74, 6) is -1.38. The first kappa shape index (κ1) is 12.5. The molecule has 0 heterocycles. The lowest BCUT2D eigenvalue weighted by molar-refractivity contribution is -0.149. The molecular weight excluding hydrogens is 266 g/mol.